The Hall–Kier alpha value is -1.60. The Labute approximate surface area is 122 Å². The van der Waals surface area contributed by atoms with Crippen molar-refractivity contribution in [2.45, 2.75) is 39.2 Å². The number of fused-ring (bicyclic) bond motifs is 1. The Morgan fingerprint density at radius 3 is 2.75 bits per heavy atom. The van der Waals surface area contributed by atoms with Crippen molar-refractivity contribution in [3.8, 4) is 0 Å². The van der Waals surface area contributed by atoms with Crippen molar-refractivity contribution in [2.24, 2.45) is 0 Å². The molecule has 1 N–H and O–H groups in total. The number of aryl methyl sites for hydroxylation is 3. The Morgan fingerprint density at radius 1 is 0.950 bits per heavy atom. The fraction of sp³-hybridized carbons (Fsp3) is 0.368. The maximum absolute atomic E-state index is 3.56. The Balaban J connectivity index is 1.48. The molecule has 0 spiro atoms. The highest BCUT2D eigenvalue weighted by molar-refractivity contribution is 5.35. The van der Waals surface area contributed by atoms with E-state index in [0.717, 1.165) is 19.5 Å². The summed E-state index contributed by atoms with van der Waals surface area (Å²) in [6, 6.07) is 15.8. The van der Waals surface area contributed by atoms with E-state index < -0.39 is 0 Å². The van der Waals surface area contributed by atoms with Crippen LogP contribution in [0.1, 0.15) is 34.2 Å². The zero-order chi connectivity index (χ0) is 13.8. The van der Waals surface area contributed by atoms with Crippen molar-refractivity contribution in [3.05, 3.63) is 70.3 Å². The van der Waals surface area contributed by atoms with E-state index >= 15 is 0 Å². The quantitative estimate of drug-likeness (QED) is 0.811. The standard InChI is InChI=1S/C19H23N/c1-15-4-2-5-16(12-15)10-11-20-14-17-8-9-18-6-3-7-19(18)13-17/h2,4-5,8-9,12-13,20H,3,6-7,10-11,14H2,1H3. The first-order valence-corrected chi connectivity index (χ1v) is 7.68. The highest BCUT2D eigenvalue weighted by Gasteiger charge is 2.10. The molecule has 1 heteroatoms. The van der Waals surface area contributed by atoms with Gasteiger partial charge in [-0.25, -0.2) is 0 Å². The SMILES string of the molecule is Cc1cccc(CCNCc2ccc3c(c2)CCC3)c1. The van der Waals surface area contributed by atoms with E-state index in [2.05, 4.69) is 54.7 Å². The average molecular weight is 265 g/mol. The number of hydrogen-bond acceptors (Lipinski definition) is 1. The van der Waals surface area contributed by atoms with Gasteiger partial charge >= 0.3 is 0 Å². The van der Waals surface area contributed by atoms with Gasteiger partial charge in [0.25, 0.3) is 0 Å². The zero-order valence-corrected chi connectivity index (χ0v) is 12.3. The predicted octanol–water partition coefficient (Wildman–Crippen LogP) is 3.82. The first-order valence-electron chi connectivity index (χ1n) is 7.68. The lowest BCUT2D eigenvalue weighted by Gasteiger charge is -2.08. The molecule has 20 heavy (non-hydrogen) atoms. The third kappa shape index (κ3) is 3.29. The Morgan fingerprint density at radius 2 is 1.85 bits per heavy atom. The van der Waals surface area contributed by atoms with E-state index in [1.165, 1.54) is 36.0 Å². The zero-order valence-electron chi connectivity index (χ0n) is 12.3. The normalized spacial score (nSPS) is 13.4. The first kappa shape index (κ1) is 13.4. The Kier molecular flexibility index (Phi) is 4.17. The summed E-state index contributed by atoms with van der Waals surface area (Å²) >= 11 is 0. The first-order chi connectivity index (χ1) is 9.81. The number of nitrogens with one attached hydrogen (secondary N) is 1. The largest absolute Gasteiger partial charge is 0.312 e. The van der Waals surface area contributed by atoms with Gasteiger partial charge in [-0.2, -0.15) is 0 Å². The molecule has 0 bridgehead atoms. The molecule has 3 rings (SSSR count). The smallest absolute Gasteiger partial charge is 0.0205 e. The van der Waals surface area contributed by atoms with Crippen LogP contribution in [0.3, 0.4) is 0 Å². The van der Waals surface area contributed by atoms with Crippen molar-refractivity contribution in [3.63, 3.8) is 0 Å². The molecule has 0 saturated heterocycles. The minimum Gasteiger partial charge on any atom is -0.312 e. The van der Waals surface area contributed by atoms with Crippen LogP contribution in [0.4, 0.5) is 0 Å². The molecule has 0 saturated carbocycles. The van der Waals surface area contributed by atoms with Crippen molar-refractivity contribution in [1.82, 2.24) is 5.32 Å². The minimum atomic E-state index is 0.985. The van der Waals surface area contributed by atoms with Crippen molar-refractivity contribution in [2.75, 3.05) is 6.54 Å². The topological polar surface area (TPSA) is 12.0 Å². The van der Waals surface area contributed by atoms with Crippen LogP contribution in [-0.2, 0) is 25.8 Å². The number of hydrogen-bond donors (Lipinski definition) is 1. The summed E-state index contributed by atoms with van der Waals surface area (Å²) in [4.78, 5) is 0. The maximum Gasteiger partial charge on any atom is 0.0205 e. The van der Waals surface area contributed by atoms with Crippen LogP contribution >= 0.6 is 0 Å². The van der Waals surface area contributed by atoms with Gasteiger partial charge < -0.3 is 5.32 Å². The van der Waals surface area contributed by atoms with E-state index in [1.54, 1.807) is 11.1 Å². The summed E-state index contributed by atoms with van der Waals surface area (Å²) in [5.74, 6) is 0. The molecule has 0 aliphatic heterocycles. The van der Waals surface area contributed by atoms with Gasteiger partial charge in [0.05, 0.1) is 0 Å². The molecule has 0 fully saturated rings. The summed E-state index contributed by atoms with van der Waals surface area (Å²) in [5, 5.41) is 3.56. The molecule has 0 atom stereocenters. The van der Waals surface area contributed by atoms with Gasteiger partial charge in [0.15, 0.2) is 0 Å². The second kappa shape index (κ2) is 6.23. The van der Waals surface area contributed by atoms with Crippen LogP contribution < -0.4 is 5.32 Å². The molecule has 104 valence electrons. The van der Waals surface area contributed by atoms with E-state index in [9.17, 15) is 0 Å². The predicted molar refractivity (Wildman–Crippen MR) is 85.1 cm³/mol. The van der Waals surface area contributed by atoms with Gasteiger partial charge in [-0.3, -0.25) is 0 Å². The molecule has 0 unspecified atom stereocenters. The molecule has 0 radical (unpaired) electrons. The summed E-state index contributed by atoms with van der Waals surface area (Å²) in [5.41, 5.74) is 7.33. The van der Waals surface area contributed by atoms with Crippen LogP contribution in [0.2, 0.25) is 0 Å². The molecule has 2 aromatic carbocycles. The molecular formula is C19H23N. The summed E-state index contributed by atoms with van der Waals surface area (Å²) in [7, 11) is 0. The van der Waals surface area contributed by atoms with Crippen LogP contribution in [0.25, 0.3) is 0 Å². The monoisotopic (exact) mass is 265 g/mol. The maximum atomic E-state index is 3.56. The number of benzene rings is 2. The molecular weight excluding hydrogens is 242 g/mol. The lowest BCUT2D eigenvalue weighted by atomic mass is 10.1. The lowest BCUT2D eigenvalue weighted by molar-refractivity contribution is 0.686. The summed E-state index contributed by atoms with van der Waals surface area (Å²) < 4.78 is 0. The van der Waals surface area contributed by atoms with Crippen LogP contribution in [0.15, 0.2) is 42.5 Å². The van der Waals surface area contributed by atoms with Gasteiger partial charge in [0, 0.05) is 6.54 Å². The van der Waals surface area contributed by atoms with E-state index in [4.69, 9.17) is 0 Å². The second-order valence-corrected chi connectivity index (χ2v) is 5.87. The van der Waals surface area contributed by atoms with Gasteiger partial charge in [0.2, 0.25) is 0 Å². The van der Waals surface area contributed by atoms with E-state index in [1.807, 2.05) is 0 Å². The lowest BCUT2D eigenvalue weighted by Crippen LogP contribution is -2.16. The molecule has 1 aliphatic carbocycles. The van der Waals surface area contributed by atoms with Crippen molar-refractivity contribution in [1.29, 1.82) is 0 Å². The van der Waals surface area contributed by atoms with Crippen LogP contribution in [0.5, 0.6) is 0 Å². The van der Waals surface area contributed by atoms with Gasteiger partial charge in [0.1, 0.15) is 0 Å². The van der Waals surface area contributed by atoms with Gasteiger partial charge in [-0.05, 0) is 61.4 Å². The molecule has 1 aliphatic rings. The van der Waals surface area contributed by atoms with Crippen LogP contribution in [0, 0.1) is 6.92 Å². The third-order valence-electron chi connectivity index (χ3n) is 4.16. The molecule has 0 heterocycles. The summed E-state index contributed by atoms with van der Waals surface area (Å²) in [6.07, 6.45) is 4.98. The van der Waals surface area contributed by atoms with E-state index in [-0.39, 0.29) is 0 Å². The van der Waals surface area contributed by atoms with Crippen molar-refractivity contribution >= 4 is 0 Å². The second-order valence-electron chi connectivity index (χ2n) is 5.87. The molecule has 1 nitrogen and oxygen atoms in total. The molecule has 0 amide bonds. The fourth-order valence-electron chi connectivity index (χ4n) is 3.07. The van der Waals surface area contributed by atoms with E-state index in [0.29, 0.717) is 0 Å². The molecule has 2 aromatic rings. The van der Waals surface area contributed by atoms with Gasteiger partial charge in [-0.1, -0.05) is 48.0 Å². The average Bonchev–Trinajstić information content (AvgIpc) is 2.91. The Bertz CT molecular complexity index is 586. The fourth-order valence-corrected chi connectivity index (χ4v) is 3.07. The minimum absolute atomic E-state index is 0.985. The highest BCUT2D eigenvalue weighted by atomic mass is 14.8. The van der Waals surface area contributed by atoms with Crippen molar-refractivity contribution < 1.29 is 0 Å². The summed E-state index contributed by atoms with van der Waals surface area (Å²) in [6.45, 7) is 4.18. The number of rotatable bonds is 5. The highest BCUT2D eigenvalue weighted by Crippen LogP contribution is 2.22. The van der Waals surface area contributed by atoms with Crippen LogP contribution in [-0.4, -0.2) is 6.54 Å². The van der Waals surface area contributed by atoms with Gasteiger partial charge in [-0.15, -0.1) is 0 Å². The third-order valence-corrected chi connectivity index (χ3v) is 4.16. The molecule has 0 aromatic heterocycles.